The largest absolute Gasteiger partial charge is 0.444 e. The zero-order chi connectivity index (χ0) is 13.2. The highest BCUT2D eigenvalue weighted by molar-refractivity contribution is 5.06. The predicted molar refractivity (Wildman–Crippen MR) is 72.5 cm³/mol. The van der Waals surface area contributed by atoms with E-state index in [9.17, 15) is 0 Å². The molecule has 4 nitrogen and oxygen atoms in total. The van der Waals surface area contributed by atoms with E-state index >= 15 is 0 Å². The van der Waals surface area contributed by atoms with Crippen LogP contribution in [0.25, 0.3) is 0 Å². The SMILES string of the molecule is CNCC1CCN(Cc2ncc(C(C)(C)C)o2)C1. The summed E-state index contributed by atoms with van der Waals surface area (Å²) in [7, 11) is 2.02. The summed E-state index contributed by atoms with van der Waals surface area (Å²) in [4.78, 5) is 6.82. The van der Waals surface area contributed by atoms with Gasteiger partial charge in [0.25, 0.3) is 0 Å². The summed E-state index contributed by atoms with van der Waals surface area (Å²) in [5.74, 6) is 2.60. The molecule has 0 saturated carbocycles. The van der Waals surface area contributed by atoms with Gasteiger partial charge in [0.1, 0.15) is 5.76 Å². The van der Waals surface area contributed by atoms with E-state index in [2.05, 4.69) is 36.0 Å². The van der Waals surface area contributed by atoms with Crippen molar-refractivity contribution in [3.8, 4) is 0 Å². The van der Waals surface area contributed by atoms with E-state index in [0.717, 1.165) is 43.7 Å². The number of aromatic nitrogens is 1. The lowest BCUT2D eigenvalue weighted by Gasteiger charge is -2.15. The fourth-order valence-electron chi connectivity index (χ4n) is 2.43. The molecule has 0 spiro atoms. The second-order valence-corrected chi connectivity index (χ2v) is 6.32. The van der Waals surface area contributed by atoms with Crippen LogP contribution in [0.15, 0.2) is 10.6 Å². The van der Waals surface area contributed by atoms with Gasteiger partial charge in [-0.3, -0.25) is 4.90 Å². The first-order valence-electron chi connectivity index (χ1n) is 6.81. The van der Waals surface area contributed by atoms with Crippen molar-refractivity contribution in [3.05, 3.63) is 17.8 Å². The molecule has 0 aliphatic carbocycles. The molecule has 1 atom stereocenters. The van der Waals surface area contributed by atoms with Gasteiger partial charge in [-0.2, -0.15) is 0 Å². The van der Waals surface area contributed by atoms with Gasteiger partial charge in [0, 0.05) is 12.0 Å². The lowest BCUT2D eigenvalue weighted by Crippen LogP contribution is -2.24. The Morgan fingerprint density at radius 2 is 2.28 bits per heavy atom. The molecule has 2 heterocycles. The maximum absolute atomic E-state index is 5.84. The Morgan fingerprint density at radius 1 is 1.50 bits per heavy atom. The van der Waals surface area contributed by atoms with Crippen molar-refractivity contribution in [1.29, 1.82) is 0 Å². The number of likely N-dealkylation sites (tertiary alicyclic amines) is 1. The third-order valence-electron chi connectivity index (χ3n) is 3.51. The van der Waals surface area contributed by atoms with Crippen LogP contribution < -0.4 is 5.32 Å². The van der Waals surface area contributed by atoms with E-state index in [0.29, 0.717) is 0 Å². The van der Waals surface area contributed by atoms with Crippen LogP contribution in [0.4, 0.5) is 0 Å². The van der Waals surface area contributed by atoms with Gasteiger partial charge < -0.3 is 9.73 Å². The summed E-state index contributed by atoms with van der Waals surface area (Å²) in [6.45, 7) is 10.7. The van der Waals surface area contributed by atoms with Crippen LogP contribution in [0, 0.1) is 5.92 Å². The average Bonchev–Trinajstić information content (AvgIpc) is 2.88. The molecule has 0 aromatic carbocycles. The van der Waals surface area contributed by atoms with E-state index in [1.54, 1.807) is 0 Å². The summed E-state index contributed by atoms with van der Waals surface area (Å²) < 4.78 is 5.84. The topological polar surface area (TPSA) is 41.3 Å². The number of hydrogen-bond acceptors (Lipinski definition) is 4. The highest BCUT2D eigenvalue weighted by atomic mass is 16.4. The highest BCUT2D eigenvalue weighted by Crippen LogP contribution is 2.24. The number of nitrogens with one attached hydrogen (secondary N) is 1. The fraction of sp³-hybridized carbons (Fsp3) is 0.786. The minimum absolute atomic E-state index is 0.0466. The third kappa shape index (κ3) is 3.33. The maximum Gasteiger partial charge on any atom is 0.208 e. The minimum Gasteiger partial charge on any atom is -0.444 e. The molecule has 102 valence electrons. The van der Waals surface area contributed by atoms with Gasteiger partial charge in [-0.1, -0.05) is 20.8 Å². The molecule has 1 aromatic heterocycles. The molecule has 1 unspecified atom stereocenters. The molecule has 1 fully saturated rings. The van der Waals surface area contributed by atoms with Crippen molar-refractivity contribution in [2.24, 2.45) is 5.92 Å². The first-order chi connectivity index (χ1) is 8.49. The summed E-state index contributed by atoms with van der Waals surface area (Å²) in [5, 5.41) is 3.25. The van der Waals surface area contributed by atoms with E-state index < -0.39 is 0 Å². The zero-order valence-corrected chi connectivity index (χ0v) is 12.0. The second kappa shape index (κ2) is 5.41. The molecule has 2 rings (SSSR count). The van der Waals surface area contributed by atoms with Crippen molar-refractivity contribution in [3.63, 3.8) is 0 Å². The Balaban J connectivity index is 1.89. The third-order valence-corrected chi connectivity index (χ3v) is 3.51. The van der Waals surface area contributed by atoms with Crippen LogP contribution in [0.3, 0.4) is 0 Å². The Kier molecular flexibility index (Phi) is 4.07. The Morgan fingerprint density at radius 3 is 2.89 bits per heavy atom. The van der Waals surface area contributed by atoms with Gasteiger partial charge in [-0.25, -0.2) is 4.98 Å². The van der Waals surface area contributed by atoms with Gasteiger partial charge in [0.05, 0.1) is 12.7 Å². The molecule has 18 heavy (non-hydrogen) atoms. The van der Waals surface area contributed by atoms with E-state index in [-0.39, 0.29) is 5.41 Å². The molecule has 0 amide bonds. The van der Waals surface area contributed by atoms with E-state index in [1.807, 2.05) is 13.2 Å². The highest BCUT2D eigenvalue weighted by Gasteiger charge is 2.24. The van der Waals surface area contributed by atoms with Crippen molar-refractivity contribution in [2.45, 2.75) is 39.2 Å². The standard InChI is InChI=1S/C14H25N3O/c1-14(2,3)12-8-16-13(18-12)10-17-6-5-11(9-17)7-15-4/h8,11,15H,5-7,9-10H2,1-4H3. The molecule has 1 N–H and O–H groups in total. The monoisotopic (exact) mass is 251 g/mol. The lowest BCUT2D eigenvalue weighted by molar-refractivity contribution is 0.268. The number of oxazole rings is 1. The van der Waals surface area contributed by atoms with Gasteiger partial charge in [-0.15, -0.1) is 0 Å². The predicted octanol–water partition coefficient (Wildman–Crippen LogP) is 2.01. The summed E-state index contributed by atoms with van der Waals surface area (Å²) in [5.41, 5.74) is 0.0466. The average molecular weight is 251 g/mol. The molecule has 0 bridgehead atoms. The lowest BCUT2D eigenvalue weighted by atomic mass is 9.94. The molecule has 1 aliphatic rings. The van der Waals surface area contributed by atoms with Crippen molar-refractivity contribution < 1.29 is 4.42 Å². The molecular weight excluding hydrogens is 226 g/mol. The smallest absolute Gasteiger partial charge is 0.208 e. The summed E-state index contributed by atoms with van der Waals surface area (Å²) in [6, 6.07) is 0. The van der Waals surface area contributed by atoms with Gasteiger partial charge >= 0.3 is 0 Å². The first-order valence-corrected chi connectivity index (χ1v) is 6.81. The Bertz CT molecular complexity index is 381. The van der Waals surface area contributed by atoms with Crippen LogP contribution in [-0.2, 0) is 12.0 Å². The first kappa shape index (κ1) is 13.6. The molecule has 1 saturated heterocycles. The number of nitrogens with zero attached hydrogens (tertiary/aromatic N) is 2. The summed E-state index contributed by atoms with van der Waals surface area (Å²) >= 11 is 0. The van der Waals surface area contributed by atoms with Crippen molar-refractivity contribution in [1.82, 2.24) is 15.2 Å². The van der Waals surface area contributed by atoms with Crippen LogP contribution in [0.5, 0.6) is 0 Å². The van der Waals surface area contributed by atoms with Crippen LogP contribution in [0.2, 0.25) is 0 Å². The molecule has 4 heteroatoms. The quantitative estimate of drug-likeness (QED) is 0.889. The van der Waals surface area contributed by atoms with Gasteiger partial charge in [0.15, 0.2) is 0 Å². The molecular formula is C14H25N3O. The summed E-state index contributed by atoms with van der Waals surface area (Å²) in [6.07, 6.45) is 3.14. The van der Waals surface area contributed by atoms with Gasteiger partial charge in [-0.05, 0) is 32.5 Å². The molecule has 1 aliphatic heterocycles. The van der Waals surface area contributed by atoms with Crippen LogP contribution in [0.1, 0.15) is 38.8 Å². The van der Waals surface area contributed by atoms with Gasteiger partial charge in [0.2, 0.25) is 5.89 Å². The van der Waals surface area contributed by atoms with Crippen LogP contribution in [-0.4, -0.2) is 36.6 Å². The van der Waals surface area contributed by atoms with Crippen LogP contribution >= 0.6 is 0 Å². The number of rotatable bonds is 4. The maximum atomic E-state index is 5.84. The number of hydrogen-bond donors (Lipinski definition) is 1. The molecule has 0 radical (unpaired) electrons. The van der Waals surface area contributed by atoms with Crippen molar-refractivity contribution >= 4 is 0 Å². The fourth-order valence-corrected chi connectivity index (χ4v) is 2.43. The second-order valence-electron chi connectivity index (χ2n) is 6.32. The Hall–Kier alpha value is -0.870. The Labute approximate surface area is 110 Å². The van der Waals surface area contributed by atoms with E-state index in [1.165, 1.54) is 6.42 Å². The zero-order valence-electron chi connectivity index (χ0n) is 12.0. The normalized spacial score (nSPS) is 21.7. The minimum atomic E-state index is 0.0466. The van der Waals surface area contributed by atoms with E-state index in [4.69, 9.17) is 4.42 Å². The molecule has 1 aromatic rings. The van der Waals surface area contributed by atoms with Crippen molar-refractivity contribution in [2.75, 3.05) is 26.7 Å².